The van der Waals surface area contributed by atoms with Crippen LogP contribution in [0.1, 0.15) is 51.4 Å². The van der Waals surface area contributed by atoms with Crippen LogP contribution >= 0.6 is 0 Å². The SMILES string of the molecule is O=C([O-])CCCCC(=O)[O-].O=C([O-])CCCCC(=O)[O-].[Pb+4]. The zero-order valence-electron chi connectivity index (χ0n) is 11.4. The van der Waals surface area contributed by atoms with E-state index in [0.29, 0.717) is 25.7 Å². The summed E-state index contributed by atoms with van der Waals surface area (Å²) in [5.41, 5.74) is 0. The Morgan fingerprint density at radius 3 is 0.714 bits per heavy atom. The van der Waals surface area contributed by atoms with Gasteiger partial charge >= 0.3 is 27.3 Å². The fourth-order valence-electron chi connectivity index (χ4n) is 1.08. The number of aliphatic carboxylic acids is 4. The number of carboxylic acid groups (broad SMARTS) is 4. The van der Waals surface area contributed by atoms with Crippen LogP contribution in [0.2, 0.25) is 0 Å². The third-order valence-corrected chi connectivity index (χ3v) is 2.02. The summed E-state index contributed by atoms with van der Waals surface area (Å²) in [4.78, 5) is 39.1. The van der Waals surface area contributed by atoms with Crippen molar-refractivity contribution in [2.75, 3.05) is 0 Å². The maximum atomic E-state index is 9.77. The summed E-state index contributed by atoms with van der Waals surface area (Å²) in [6.45, 7) is 0. The van der Waals surface area contributed by atoms with Gasteiger partial charge in [0.05, 0.1) is 0 Å². The molecule has 9 heteroatoms. The van der Waals surface area contributed by atoms with Gasteiger partial charge in [-0.25, -0.2) is 0 Å². The standard InChI is InChI=1S/2C6H10O4.Pb/c2*7-5(8)3-1-2-4-6(9)10;/h2*1-4H2,(H,7,8)(H,9,10);/q;;+4/p-4. The Kier molecular flexibility index (Phi) is 19.9. The molecule has 0 aromatic heterocycles. The van der Waals surface area contributed by atoms with Crippen LogP contribution in [-0.4, -0.2) is 51.2 Å². The molecule has 0 aromatic rings. The number of hydrogen-bond donors (Lipinski definition) is 0. The van der Waals surface area contributed by atoms with Gasteiger partial charge in [0.2, 0.25) is 0 Å². The number of rotatable bonds is 10. The van der Waals surface area contributed by atoms with Crippen molar-refractivity contribution in [3.8, 4) is 0 Å². The van der Waals surface area contributed by atoms with Gasteiger partial charge in [-0.2, -0.15) is 0 Å². The van der Waals surface area contributed by atoms with E-state index in [0.717, 1.165) is 0 Å². The van der Waals surface area contributed by atoms with Crippen LogP contribution in [0.5, 0.6) is 0 Å². The molecule has 0 aliphatic carbocycles. The summed E-state index contributed by atoms with van der Waals surface area (Å²) in [5.74, 6) is -4.56. The van der Waals surface area contributed by atoms with E-state index in [-0.39, 0.29) is 53.0 Å². The normalized spacial score (nSPS) is 8.76. The van der Waals surface area contributed by atoms with Gasteiger partial charge < -0.3 is 39.6 Å². The van der Waals surface area contributed by atoms with Crippen molar-refractivity contribution >= 4 is 51.2 Å². The predicted octanol–water partition coefficient (Wildman–Crippen LogP) is -4.29. The first kappa shape index (κ1) is 24.8. The monoisotopic (exact) mass is 496 g/mol. The average molecular weight is 495 g/mol. The van der Waals surface area contributed by atoms with Crippen molar-refractivity contribution in [2.45, 2.75) is 51.4 Å². The number of carbonyl (C=O) groups excluding carboxylic acids is 4. The Hall–Kier alpha value is -1.20. The number of carbonyl (C=O) groups is 4. The van der Waals surface area contributed by atoms with Gasteiger partial charge in [-0.05, 0) is 51.4 Å². The molecule has 0 radical (unpaired) electrons. The number of hydrogen-bond acceptors (Lipinski definition) is 8. The van der Waals surface area contributed by atoms with Crippen LogP contribution in [0, 0.1) is 0 Å². The van der Waals surface area contributed by atoms with Crippen LogP contribution in [0.4, 0.5) is 0 Å². The molecule has 0 heterocycles. The molecule has 0 spiro atoms. The molecule has 0 bridgehead atoms. The first-order valence-electron chi connectivity index (χ1n) is 6.05. The van der Waals surface area contributed by atoms with Crippen LogP contribution in [-0.2, 0) is 19.2 Å². The van der Waals surface area contributed by atoms with E-state index >= 15 is 0 Å². The van der Waals surface area contributed by atoms with Gasteiger partial charge in [-0.3, -0.25) is 0 Å². The van der Waals surface area contributed by atoms with E-state index in [1.54, 1.807) is 0 Å². The molecule has 0 unspecified atom stereocenters. The third kappa shape index (κ3) is 32.4. The molecular weight excluding hydrogens is 479 g/mol. The van der Waals surface area contributed by atoms with Crippen molar-refractivity contribution in [2.24, 2.45) is 0 Å². The van der Waals surface area contributed by atoms with E-state index in [1.165, 1.54) is 0 Å². The van der Waals surface area contributed by atoms with Crippen molar-refractivity contribution in [1.29, 1.82) is 0 Å². The maximum absolute atomic E-state index is 9.77. The molecule has 0 fully saturated rings. The van der Waals surface area contributed by atoms with Gasteiger partial charge in [0.25, 0.3) is 0 Å². The van der Waals surface area contributed by atoms with Gasteiger partial charge in [0.15, 0.2) is 0 Å². The summed E-state index contributed by atoms with van der Waals surface area (Å²) in [5, 5.41) is 39.1. The van der Waals surface area contributed by atoms with E-state index in [1.807, 2.05) is 0 Å². The number of unbranched alkanes of at least 4 members (excludes halogenated alkanes) is 2. The topological polar surface area (TPSA) is 161 Å². The molecule has 0 aromatic carbocycles. The van der Waals surface area contributed by atoms with Crippen molar-refractivity contribution in [3.63, 3.8) is 0 Å². The minimum absolute atomic E-state index is 0. The number of carboxylic acids is 4. The first-order valence-corrected chi connectivity index (χ1v) is 6.05. The fraction of sp³-hybridized carbons (Fsp3) is 0.667. The molecule has 21 heavy (non-hydrogen) atoms. The van der Waals surface area contributed by atoms with Crippen LogP contribution < -0.4 is 20.4 Å². The second kappa shape index (κ2) is 16.9. The maximum Gasteiger partial charge on any atom is 4.00 e. The van der Waals surface area contributed by atoms with Crippen molar-refractivity contribution in [1.82, 2.24) is 0 Å². The molecule has 0 N–H and O–H groups in total. The second-order valence-electron chi connectivity index (χ2n) is 3.90. The zero-order valence-corrected chi connectivity index (χ0v) is 15.3. The van der Waals surface area contributed by atoms with E-state index in [4.69, 9.17) is 0 Å². The summed E-state index contributed by atoms with van der Waals surface area (Å²) in [7, 11) is 0. The zero-order chi connectivity index (χ0) is 16.0. The molecule has 0 aliphatic rings. The minimum Gasteiger partial charge on any atom is -0.550 e. The van der Waals surface area contributed by atoms with Gasteiger partial charge in [-0.15, -0.1) is 0 Å². The Balaban J connectivity index is -0.000000295. The Morgan fingerprint density at radius 2 is 0.619 bits per heavy atom. The van der Waals surface area contributed by atoms with Crippen molar-refractivity contribution < 1.29 is 39.6 Å². The summed E-state index contributed by atoms with van der Waals surface area (Å²) in [6, 6.07) is 0. The molecule has 0 saturated carbocycles. The smallest absolute Gasteiger partial charge is 0.550 e. The largest absolute Gasteiger partial charge is 4.00 e. The van der Waals surface area contributed by atoms with Crippen molar-refractivity contribution in [3.05, 3.63) is 0 Å². The van der Waals surface area contributed by atoms with Gasteiger partial charge in [0.1, 0.15) is 0 Å². The average Bonchev–Trinajstić information content (AvgIpc) is 2.30. The summed E-state index contributed by atoms with van der Waals surface area (Å²) >= 11 is 0. The van der Waals surface area contributed by atoms with E-state index in [9.17, 15) is 39.6 Å². The molecule has 8 nitrogen and oxygen atoms in total. The Bertz CT molecular complexity index is 265. The van der Waals surface area contributed by atoms with E-state index < -0.39 is 23.9 Å². The molecular formula is C12H16O8Pb. The molecule has 116 valence electrons. The summed E-state index contributed by atoms with van der Waals surface area (Å²) in [6.07, 6.45) is 1.07. The Morgan fingerprint density at radius 1 is 0.476 bits per heavy atom. The predicted molar refractivity (Wildman–Crippen MR) is 62.7 cm³/mol. The summed E-state index contributed by atoms with van der Waals surface area (Å²) < 4.78 is 0. The van der Waals surface area contributed by atoms with Crippen LogP contribution in [0.25, 0.3) is 0 Å². The Labute approximate surface area is 142 Å². The van der Waals surface area contributed by atoms with Crippen LogP contribution in [0.15, 0.2) is 0 Å². The molecule has 0 atom stereocenters. The van der Waals surface area contributed by atoms with E-state index in [2.05, 4.69) is 0 Å². The van der Waals surface area contributed by atoms with Crippen LogP contribution in [0.3, 0.4) is 0 Å². The second-order valence-corrected chi connectivity index (χ2v) is 3.90. The molecule has 0 amide bonds. The minimum atomic E-state index is -1.14. The molecule has 0 saturated heterocycles. The van der Waals surface area contributed by atoms with Gasteiger partial charge in [-0.1, -0.05) is 0 Å². The quantitative estimate of drug-likeness (QED) is 0.217. The fourth-order valence-corrected chi connectivity index (χ4v) is 1.08. The molecule has 0 aliphatic heterocycles. The molecule has 0 rings (SSSR count). The van der Waals surface area contributed by atoms with Gasteiger partial charge in [0, 0.05) is 23.9 Å². The third-order valence-electron chi connectivity index (χ3n) is 2.02. The first-order chi connectivity index (χ1) is 9.25.